The zero-order valence-electron chi connectivity index (χ0n) is 42.5. The molecule has 0 aromatic heterocycles. The molecule has 0 aromatic rings. The van der Waals surface area contributed by atoms with Crippen LogP contribution in [0.25, 0.3) is 0 Å². The van der Waals surface area contributed by atoms with Crippen molar-refractivity contribution >= 4 is 29.5 Å². The van der Waals surface area contributed by atoms with Gasteiger partial charge in [0.1, 0.15) is 36.6 Å². The molecule has 0 aromatic carbocycles. The standard InChI is InChI=1S/C50H97N5O15/c1-2-3-4-25-30-51-40(60)27-24-22-20-18-16-14-12-10-8-6-5-7-9-11-13-15-17-19-21-23-26-31-52-41(61)28-29-42(62)55(34-32-53-49(69)47(67)45(65)43(63)38(58)36-56)35-33-54-50(70)48(68)46(66)44(64)39(59)37-57/h38-39,43-48,56-59,63-68H,2-37H2,1H3,(H,51,60)(H,52,61)(H,53,69)(H,54,70)/t38-,39+,43+,44-,45-,46+,47+,48-. The van der Waals surface area contributed by atoms with E-state index in [1.54, 1.807) is 0 Å². The van der Waals surface area contributed by atoms with Crippen LogP contribution in [-0.4, -0.2) is 187 Å². The van der Waals surface area contributed by atoms with Gasteiger partial charge in [-0.3, -0.25) is 24.0 Å². The van der Waals surface area contributed by atoms with Gasteiger partial charge in [0, 0.05) is 58.5 Å². The SMILES string of the molecule is CCCCCCNC(=O)CCCCCCCCCCCCCCCCCCCCCCCNC(=O)CCC(=O)N(CCNC(=O)[C@@H](O)[C@H](O)[C@@H](O)[C@H](O)CO)CCNC(=O)[C@H](O)[C@@H](O)[C@H](O)[C@@H](O)CO. The molecule has 0 fully saturated rings. The topological polar surface area (TPSA) is 339 Å². The molecule has 0 spiro atoms. The fraction of sp³-hybridized carbons (Fsp3) is 0.900. The minimum atomic E-state index is -2.21. The van der Waals surface area contributed by atoms with Gasteiger partial charge in [-0.05, 0) is 19.3 Å². The number of carbonyl (C=O) groups is 5. The highest BCUT2D eigenvalue weighted by Crippen LogP contribution is 2.16. The third kappa shape index (κ3) is 34.3. The first-order valence-electron chi connectivity index (χ1n) is 26.7. The highest BCUT2D eigenvalue weighted by atomic mass is 16.4. The van der Waals surface area contributed by atoms with E-state index in [1.165, 1.54) is 116 Å². The molecule has 412 valence electrons. The Morgan fingerprint density at radius 3 is 1.03 bits per heavy atom. The number of hydrogen-bond donors (Lipinski definition) is 14. The molecule has 70 heavy (non-hydrogen) atoms. The van der Waals surface area contributed by atoms with Crippen LogP contribution in [0.2, 0.25) is 0 Å². The summed E-state index contributed by atoms with van der Waals surface area (Å²) < 4.78 is 0. The average Bonchev–Trinajstić information content (AvgIpc) is 3.36. The number of rotatable bonds is 48. The molecule has 8 atom stereocenters. The van der Waals surface area contributed by atoms with Gasteiger partial charge < -0.3 is 77.2 Å². The molecular weight excluding hydrogens is 911 g/mol. The van der Waals surface area contributed by atoms with Crippen molar-refractivity contribution in [2.45, 2.75) is 236 Å². The van der Waals surface area contributed by atoms with Crippen LogP contribution in [0.4, 0.5) is 0 Å². The first kappa shape index (κ1) is 67.0. The molecule has 5 amide bonds. The molecule has 0 aliphatic rings. The number of amides is 5. The summed E-state index contributed by atoms with van der Waals surface area (Å²) >= 11 is 0. The quantitative estimate of drug-likeness (QED) is 0.0380. The van der Waals surface area contributed by atoms with Crippen molar-refractivity contribution in [2.75, 3.05) is 52.5 Å². The molecule has 0 saturated heterocycles. The minimum absolute atomic E-state index is 0.162. The van der Waals surface area contributed by atoms with Gasteiger partial charge in [-0.15, -0.1) is 0 Å². The Morgan fingerprint density at radius 2 is 0.686 bits per heavy atom. The van der Waals surface area contributed by atoms with Crippen molar-refractivity contribution in [1.29, 1.82) is 0 Å². The molecule has 0 aliphatic carbocycles. The smallest absolute Gasteiger partial charge is 0.251 e. The number of nitrogens with zero attached hydrogens (tertiary/aromatic N) is 1. The van der Waals surface area contributed by atoms with Gasteiger partial charge in [0.25, 0.3) is 11.8 Å². The van der Waals surface area contributed by atoms with Crippen molar-refractivity contribution in [3.05, 3.63) is 0 Å². The summed E-state index contributed by atoms with van der Waals surface area (Å²) in [6, 6.07) is 0. The highest BCUT2D eigenvalue weighted by Gasteiger charge is 2.35. The van der Waals surface area contributed by atoms with Crippen LogP contribution in [0.5, 0.6) is 0 Å². The lowest BCUT2D eigenvalue weighted by Crippen LogP contribution is -2.53. The highest BCUT2D eigenvalue weighted by molar-refractivity contribution is 5.84. The average molecular weight is 1010 g/mol. The second-order valence-electron chi connectivity index (χ2n) is 18.7. The van der Waals surface area contributed by atoms with E-state index < -0.39 is 79.8 Å². The van der Waals surface area contributed by atoms with Crippen LogP contribution in [-0.2, 0) is 24.0 Å². The Labute approximate surface area is 417 Å². The fourth-order valence-electron chi connectivity index (χ4n) is 7.89. The number of unbranched alkanes of at least 4 members (excludes halogenated alkanes) is 23. The summed E-state index contributed by atoms with van der Waals surface area (Å²) in [7, 11) is 0. The van der Waals surface area contributed by atoms with Gasteiger partial charge in [0.2, 0.25) is 17.7 Å². The first-order valence-corrected chi connectivity index (χ1v) is 26.7. The molecule has 0 saturated carbocycles. The molecule has 0 unspecified atom stereocenters. The van der Waals surface area contributed by atoms with Crippen LogP contribution >= 0.6 is 0 Å². The van der Waals surface area contributed by atoms with E-state index in [9.17, 15) is 64.8 Å². The number of aliphatic hydroxyl groups is 10. The van der Waals surface area contributed by atoms with E-state index in [-0.39, 0.29) is 50.8 Å². The van der Waals surface area contributed by atoms with Gasteiger partial charge in [0.05, 0.1) is 13.2 Å². The summed E-state index contributed by atoms with van der Waals surface area (Å²) in [4.78, 5) is 63.5. The monoisotopic (exact) mass is 1010 g/mol. The van der Waals surface area contributed by atoms with Crippen molar-refractivity contribution < 1.29 is 75.0 Å². The maximum Gasteiger partial charge on any atom is 0.251 e. The van der Waals surface area contributed by atoms with Crippen LogP contribution < -0.4 is 21.3 Å². The molecule has 0 radical (unpaired) electrons. The lowest BCUT2D eigenvalue weighted by Gasteiger charge is -2.27. The van der Waals surface area contributed by atoms with Crippen molar-refractivity contribution in [2.24, 2.45) is 0 Å². The van der Waals surface area contributed by atoms with Gasteiger partial charge in [0.15, 0.2) is 12.2 Å². The predicted octanol–water partition coefficient (Wildman–Crippen LogP) is 1.09. The maximum atomic E-state index is 13.2. The largest absolute Gasteiger partial charge is 0.394 e. The predicted molar refractivity (Wildman–Crippen MR) is 266 cm³/mol. The normalized spacial score (nSPS) is 15.0. The lowest BCUT2D eigenvalue weighted by molar-refractivity contribution is -0.149. The van der Waals surface area contributed by atoms with E-state index in [0.717, 1.165) is 56.4 Å². The molecular formula is C50H97N5O15. The van der Waals surface area contributed by atoms with E-state index in [4.69, 9.17) is 10.2 Å². The van der Waals surface area contributed by atoms with Crippen LogP contribution in [0.3, 0.4) is 0 Å². The summed E-state index contributed by atoms with van der Waals surface area (Å²) in [5, 5.41) is 107. The van der Waals surface area contributed by atoms with Gasteiger partial charge in [-0.25, -0.2) is 0 Å². The van der Waals surface area contributed by atoms with E-state index >= 15 is 0 Å². The maximum absolute atomic E-state index is 13.2. The molecule has 0 aliphatic heterocycles. The van der Waals surface area contributed by atoms with Crippen molar-refractivity contribution in [3.63, 3.8) is 0 Å². The first-order chi connectivity index (χ1) is 33.6. The Balaban J connectivity index is 4.23. The summed E-state index contributed by atoms with van der Waals surface area (Å²) in [6.45, 7) is 0.485. The molecule has 14 N–H and O–H groups in total. The molecule has 20 nitrogen and oxygen atoms in total. The number of nitrogens with one attached hydrogen (secondary N) is 4. The number of hydrogen-bond acceptors (Lipinski definition) is 15. The van der Waals surface area contributed by atoms with Crippen molar-refractivity contribution in [1.82, 2.24) is 26.2 Å². The zero-order valence-corrected chi connectivity index (χ0v) is 42.5. The third-order valence-corrected chi connectivity index (χ3v) is 12.6. The van der Waals surface area contributed by atoms with Gasteiger partial charge in [-0.1, -0.05) is 148 Å². The molecule has 0 rings (SSSR count). The zero-order chi connectivity index (χ0) is 52.4. The summed E-state index contributed by atoms with van der Waals surface area (Å²) in [6.07, 6.45) is 14.0. The van der Waals surface area contributed by atoms with Crippen molar-refractivity contribution in [3.8, 4) is 0 Å². The number of carbonyl (C=O) groups excluding carboxylic acids is 5. The van der Waals surface area contributed by atoms with Crippen LogP contribution in [0, 0.1) is 0 Å². The Hall–Kier alpha value is -3.05. The molecule has 20 heteroatoms. The molecule has 0 bridgehead atoms. The second-order valence-corrected chi connectivity index (χ2v) is 18.7. The Kier molecular flexibility index (Phi) is 42.7. The van der Waals surface area contributed by atoms with E-state index in [2.05, 4.69) is 28.2 Å². The minimum Gasteiger partial charge on any atom is -0.394 e. The molecule has 0 heterocycles. The third-order valence-electron chi connectivity index (χ3n) is 12.6. The van der Waals surface area contributed by atoms with Gasteiger partial charge in [-0.2, -0.15) is 0 Å². The second kappa shape index (κ2) is 44.6. The van der Waals surface area contributed by atoms with Gasteiger partial charge >= 0.3 is 0 Å². The number of aliphatic hydroxyl groups excluding tert-OH is 10. The van der Waals surface area contributed by atoms with E-state index in [0.29, 0.717) is 13.0 Å². The fourth-order valence-corrected chi connectivity index (χ4v) is 7.89. The van der Waals surface area contributed by atoms with Crippen LogP contribution in [0.1, 0.15) is 187 Å². The Bertz CT molecular complexity index is 1290. The summed E-state index contributed by atoms with van der Waals surface area (Å²) in [5.41, 5.74) is 0. The lowest BCUT2D eigenvalue weighted by atomic mass is 10.0. The Morgan fingerprint density at radius 1 is 0.371 bits per heavy atom. The van der Waals surface area contributed by atoms with Crippen LogP contribution in [0.15, 0.2) is 0 Å². The summed E-state index contributed by atoms with van der Waals surface area (Å²) in [5.74, 6) is -3.05. The van der Waals surface area contributed by atoms with E-state index in [1.807, 2.05) is 0 Å².